The number of unbranched alkanes of at least 4 members (excludes halogenated alkanes) is 1. The van der Waals surface area contributed by atoms with Crippen LogP contribution >= 0.6 is 22.1 Å². The summed E-state index contributed by atoms with van der Waals surface area (Å²) < 4.78 is 39.9. The highest BCUT2D eigenvalue weighted by Crippen LogP contribution is 2.51. The van der Waals surface area contributed by atoms with Crippen LogP contribution in [-0.2, 0) is 11.9 Å². The Kier molecular flexibility index (Phi) is 5.71. The molecule has 0 N–H and O–H groups in total. The van der Waals surface area contributed by atoms with Crippen LogP contribution in [0.1, 0.15) is 24.6 Å². The van der Waals surface area contributed by atoms with E-state index in [1.54, 1.807) is 18.2 Å². The van der Waals surface area contributed by atoms with Crippen LogP contribution in [0.15, 0.2) is 24.3 Å². The van der Waals surface area contributed by atoms with Crippen LogP contribution in [0.4, 0.5) is 13.2 Å². The van der Waals surface area contributed by atoms with Crippen LogP contribution in [0.2, 0.25) is 5.02 Å². The first-order valence-electron chi connectivity index (χ1n) is 5.74. The molecular weight excluding hydrogens is 361 g/mol. The highest BCUT2D eigenvalue weighted by Gasteiger charge is 2.47. The maximum absolute atomic E-state index is 13.2. The lowest BCUT2D eigenvalue weighted by Gasteiger charge is -1.99. The molecule has 1 aromatic carbocycles. The molecule has 2 rings (SSSR count). The minimum Gasteiger partial charge on any atom is -1.00 e. The van der Waals surface area contributed by atoms with E-state index in [-0.39, 0.29) is 17.0 Å². The highest BCUT2D eigenvalue weighted by atomic mass is 79.9. The predicted octanol–water partition coefficient (Wildman–Crippen LogP) is 3.07. The van der Waals surface area contributed by atoms with E-state index in [2.05, 4.69) is 0 Å². The highest BCUT2D eigenvalue weighted by molar-refractivity contribution is 7.38. The third-order valence-corrected chi connectivity index (χ3v) is 5.12. The number of halogens is 5. The van der Waals surface area contributed by atoms with Crippen molar-refractivity contribution in [1.82, 2.24) is 0 Å². The van der Waals surface area contributed by atoms with Gasteiger partial charge in [0, 0.05) is 29.0 Å². The minimum atomic E-state index is -4.21. The number of hydrogen-bond acceptors (Lipinski definition) is 0. The average molecular weight is 374 g/mol. The number of hydrogen-bond donors (Lipinski definition) is 0. The SMILES string of the molecule is CCCCc1cc2ccc(Cl)cc2[s+]1C(F)(F)F.[Br-]. The molecule has 1 heterocycles. The summed E-state index contributed by atoms with van der Waals surface area (Å²) in [4.78, 5) is 0.488. The molecular formula is C13H13BrClF3S. The van der Waals surface area contributed by atoms with Gasteiger partial charge in [-0.3, -0.25) is 0 Å². The van der Waals surface area contributed by atoms with Gasteiger partial charge in [-0.25, -0.2) is 0 Å². The van der Waals surface area contributed by atoms with E-state index in [0.29, 0.717) is 26.4 Å². The van der Waals surface area contributed by atoms with Crippen LogP contribution in [0.25, 0.3) is 10.1 Å². The molecule has 2 aromatic rings. The monoisotopic (exact) mass is 372 g/mol. The van der Waals surface area contributed by atoms with Crippen molar-refractivity contribution in [3.8, 4) is 0 Å². The number of aryl methyl sites for hydroxylation is 1. The molecule has 0 spiro atoms. The normalized spacial score (nSPS) is 12.6. The molecule has 0 saturated carbocycles. The maximum Gasteiger partial charge on any atom is 0.600 e. The van der Waals surface area contributed by atoms with Crippen LogP contribution in [0.5, 0.6) is 0 Å². The van der Waals surface area contributed by atoms with Gasteiger partial charge in [-0.1, -0.05) is 24.9 Å². The summed E-state index contributed by atoms with van der Waals surface area (Å²) in [6, 6.07) is 6.43. The molecule has 0 bridgehead atoms. The van der Waals surface area contributed by atoms with Gasteiger partial charge in [0.2, 0.25) is 0 Å². The minimum absolute atomic E-state index is 0. The zero-order chi connectivity index (χ0) is 13.3. The largest absolute Gasteiger partial charge is 1.00 e. The topological polar surface area (TPSA) is 0 Å². The molecule has 0 saturated heterocycles. The lowest BCUT2D eigenvalue weighted by Crippen LogP contribution is -3.00. The molecule has 0 fully saturated rings. The molecule has 1 atom stereocenters. The third kappa shape index (κ3) is 3.64. The van der Waals surface area contributed by atoms with Gasteiger partial charge in [0.25, 0.3) is 0 Å². The first-order chi connectivity index (χ1) is 8.43. The zero-order valence-electron chi connectivity index (χ0n) is 10.2. The van der Waals surface area contributed by atoms with Crippen LogP contribution in [0, 0.1) is 0 Å². The number of thiophene rings is 1. The summed E-state index contributed by atoms with van der Waals surface area (Å²) in [6.07, 6.45) is 2.18. The van der Waals surface area contributed by atoms with Gasteiger partial charge in [0.15, 0.2) is 9.58 Å². The van der Waals surface area contributed by atoms with Gasteiger partial charge in [-0.05, 0) is 18.6 Å². The lowest BCUT2D eigenvalue weighted by atomic mass is 10.2. The molecule has 0 aliphatic carbocycles. The second kappa shape index (κ2) is 6.46. The Labute approximate surface area is 128 Å². The zero-order valence-corrected chi connectivity index (χ0v) is 13.4. The Hall–Kier alpha value is -0.260. The standard InChI is InChI=1S/C13H13ClF3S.BrH/c1-2-3-4-11-7-9-5-6-10(14)8-12(9)18(11)13(15,16)17;/h5-8H,2-4H2,1H3;1H/q+1;/p-1. The van der Waals surface area contributed by atoms with Crippen molar-refractivity contribution in [1.29, 1.82) is 0 Å². The van der Waals surface area contributed by atoms with E-state index in [9.17, 15) is 13.2 Å². The molecule has 0 nitrogen and oxygen atoms in total. The van der Waals surface area contributed by atoms with Crippen molar-refractivity contribution in [2.75, 3.05) is 0 Å². The van der Waals surface area contributed by atoms with Crippen molar-refractivity contribution in [2.24, 2.45) is 0 Å². The van der Waals surface area contributed by atoms with Crippen LogP contribution in [-0.4, -0.2) is 0 Å². The third-order valence-electron chi connectivity index (χ3n) is 2.78. The molecule has 0 aliphatic rings. The number of rotatable bonds is 3. The fraction of sp³-hybridized carbons (Fsp3) is 0.385. The Morgan fingerprint density at radius 3 is 2.47 bits per heavy atom. The summed E-state index contributed by atoms with van der Waals surface area (Å²) in [7, 11) is -1.79. The van der Waals surface area contributed by atoms with Gasteiger partial charge in [-0.15, -0.1) is 13.2 Å². The van der Waals surface area contributed by atoms with E-state index in [0.717, 1.165) is 12.8 Å². The van der Waals surface area contributed by atoms with E-state index in [1.165, 1.54) is 6.07 Å². The molecule has 0 amide bonds. The summed E-state index contributed by atoms with van der Waals surface area (Å²) in [5.41, 5.74) is -4.21. The van der Waals surface area contributed by atoms with E-state index < -0.39 is 16.0 Å². The van der Waals surface area contributed by atoms with Gasteiger partial charge >= 0.3 is 5.51 Å². The smallest absolute Gasteiger partial charge is 0.600 e. The molecule has 6 heteroatoms. The molecule has 1 unspecified atom stereocenters. The molecule has 106 valence electrons. The van der Waals surface area contributed by atoms with Crippen molar-refractivity contribution >= 4 is 32.2 Å². The fourth-order valence-electron chi connectivity index (χ4n) is 1.98. The number of fused-ring (bicyclic) bond motifs is 1. The molecule has 0 radical (unpaired) electrons. The second-order valence-electron chi connectivity index (χ2n) is 4.15. The summed E-state index contributed by atoms with van der Waals surface area (Å²) in [5.74, 6) is 0. The predicted molar refractivity (Wildman–Crippen MR) is 71.3 cm³/mol. The summed E-state index contributed by atoms with van der Waals surface area (Å²) in [5, 5.41) is 1.02. The molecule has 19 heavy (non-hydrogen) atoms. The van der Waals surface area contributed by atoms with Gasteiger partial charge < -0.3 is 17.0 Å². The van der Waals surface area contributed by atoms with Crippen molar-refractivity contribution < 1.29 is 30.2 Å². The van der Waals surface area contributed by atoms with Gasteiger partial charge in [0.1, 0.15) is 0 Å². The van der Waals surface area contributed by atoms with Crippen molar-refractivity contribution in [3.63, 3.8) is 0 Å². The van der Waals surface area contributed by atoms with Crippen LogP contribution in [0.3, 0.4) is 0 Å². The molecule has 1 aromatic heterocycles. The number of benzene rings is 1. The van der Waals surface area contributed by atoms with Crippen molar-refractivity contribution in [3.05, 3.63) is 34.2 Å². The first kappa shape index (κ1) is 16.8. The van der Waals surface area contributed by atoms with Crippen LogP contribution < -0.4 is 17.0 Å². The van der Waals surface area contributed by atoms with Gasteiger partial charge in [-0.2, -0.15) is 0 Å². The first-order valence-corrected chi connectivity index (χ1v) is 7.35. The lowest BCUT2D eigenvalue weighted by molar-refractivity contribution is -0.0867. The molecule has 0 aliphatic heterocycles. The van der Waals surface area contributed by atoms with E-state index in [1.807, 2.05) is 6.92 Å². The second-order valence-corrected chi connectivity index (χ2v) is 6.62. The Morgan fingerprint density at radius 2 is 1.89 bits per heavy atom. The fourth-order valence-corrected chi connectivity index (χ4v) is 4.24. The Balaban J connectivity index is 0.00000180. The number of alkyl halides is 3. The Bertz CT molecular complexity index is 563. The maximum atomic E-state index is 13.2. The average Bonchev–Trinajstić information content (AvgIpc) is 2.63. The van der Waals surface area contributed by atoms with E-state index in [4.69, 9.17) is 11.6 Å². The summed E-state index contributed by atoms with van der Waals surface area (Å²) in [6.45, 7) is 1.98. The van der Waals surface area contributed by atoms with Gasteiger partial charge in [0.05, 0.1) is 10.5 Å². The summed E-state index contributed by atoms with van der Waals surface area (Å²) >= 11 is 5.80. The van der Waals surface area contributed by atoms with Crippen molar-refractivity contribution in [2.45, 2.75) is 31.7 Å². The Morgan fingerprint density at radius 1 is 1.21 bits per heavy atom. The van der Waals surface area contributed by atoms with E-state index >= 15 is 0 Å². The quantitative estimate of drug-likeness (QED) is 0.726.